The fraction of sp³-hybridized carbons (Fsp3) is 0.167. The summed E-state index contributed by atoms with van der Waals surface area (Å²) in [6.07, 6.45) is -8.89. The zero-order valence-electron chi connectivity index (χ0n) is 20.6. The van der Waals surface area contributed by atoms with E-state index in [1.165, 1.54) is 13.8 Å². The van der Waals surface area contributed by atoms with Crippen LogP contribution in [-0.2, 0) is 36.0 Å². The van der Waals surface area contributed by atoms with Gasteiger partial charge in [0, 0.05) is 25.2 Å². The average molecular weight is 661 g/mol. The second kappa shape index (κ2) is 13.5. The molecule has 219 valence electrons. The molecule has 2 heterocycles. The van der Waals surface area contributed by atoms with Crippen LogP contribution in [0.15, 0.2) is 68.4 Å². The van der Waals surface area contributed by atoms with Crippen LogP contribution in [0.1, 0.15) is 13.8 Å². The molecule has 41 heavy (non-hydrogen) atoms. The molecule has 1 radical (unpaired) electrons. The number of benzene rings is 2. The second-order valence-corrected chi connectivity index (χ2v) is 9.97. The van der Waals surface area contributed by atoms with Gasteiger partial charge in [0.15, 0.2) is 0 Å². The Hall–Kier alpha value is -3.41. The molecule has 2 N–H and O–H groups in total. The summed E-state index contributed by atoms with van der Waals surface area (Å²) in [6, 6.07) is 9.46. The number of hydrogen-bond acceptors (Lipinski definition) is 6. The number of nitrogens with one attached hydrogen (secondary N) is 2. The number of halogens is 6. The summed E-state index contributed by atoms with van der Waals surface area (Å²) in [5.74, 6) is -4.40. The number of alkyl halides is 6. The third-order valence-corrected chi connectivity index (χ3v) is 6.45. The summed E-state index contributed by atoms with van der Waals surface area (Å²) in [5.41, 5.74) is 1.96. The minimum absolute atomic E-state index is 0. The molecular weight excluding hydrogens is 645 g/mol. The number of anilines is 2. The molecule has 2 aliphatic heterocycles. The summed E-state index contributed by atoms with van der Waals surface area (Å²) < 4.78 is 72.9. The van der Waals surface area contributed by atoms with Crippen LogP contribution < -0.4 is 10.6 Å². The molecule has 0 aliphatic carbocycles. The van der Waals surface area contributed by atoms with Gasteiger partial charge in [0.25, 0.3) is 11.6 Å². The molecule has 0 spiro atoms. The number of nitrogens with zero attached hydrogens (tertiary/aromatic N) is 2. The van der Waals surface area contributed by atoms with Crippen molar-refractivity contribution in [1.29, 1.82) is 0 Å². The molecule has 0 bridgehead atoms. The monoisotopic (exact) mass is 661 g/mol. The number of thioether (sulfide) groups is 2. The Morgan fingerprint density at radius 2 is 1.02 bits per heavy atom. The van der Waals surface area contributed by atoms with E-state index in [0.717, 1.165) is 23.5 Å². The molecule has 2 aromatic rings. The Morgan fingerprint density at radius 1 is 0.683 bits per heavy atom. The van der Waals surface area contributed by atoms with Crippen molar-refractivity contribution >= 4 is 69.7 Å². The number of ketones is 2. The quantitative estimate of drug-likeness (QED) is 0.259. The summed E-state index contributed by atoms with van der Waals surface area (Å²) in [6.45, 7) is 2.69. The maximum atomic E-state index is 12.1. The Morgan fingerprint density at radius 3 is 1.32 bits per heavy atom. The Labute approximate surface area is 247 Å². The molecule has 0 saturated heterocycles. The molecule has 4 rings (SSSR count). The van der Waals surface area contributed by atoms with E-state index in [1.54, 1.807) is 36.4 Å². The predicted molar refractivity (Wildman–Crippen MR) is 138 cm³/mol. The van der Waals surface area contributed by atoms with Crippen LogP contribution in [0.4, 0.5) is 49.1 Å². The number of carbonyl (C=O) groups is 4. The minimum atomic E-state index is -4.90. The van der Waals surface area contributed by atoms with Crippen molar-refractivity contribution in [3.8, 4) is 0 Å². The van der Waals surface area contributed by atoms with Gasteiger partial charge in [-0.1, -0.05) is 22.2 Å². The van der Waals surface area contributed by atoms with Crippen LogP contribution in [0.3, 0.4) is 0 Å². The largest absolute Gasteiger partial charge is 2.00 e. The van der Waals surface area contributed by atoms with Gasteiger partial charge in [-0.05, 0) is 46.2 Å². The molecule has 17 heteroatoms. The van der Waals surface area contributed by atoms with Crippen molar-refractivity contribution in [3.05, 3.63) is 69.2 Å². The summed E-state index contributed by atoms with van der Waals surface area (Å²) in [5, 5.41) is 12.9. The SMILES string of the molecule is CC(=O)Nc1ccc2c(c1)S/C(=C/C(=O)C(F)(F)F)[N-]2.CC(=O)Nc1ccc2c(c1)S/C(=C/C(=O)C(F)(F)F)[N-]2.[Co+2]. The van der Waals surface area contributed by atoms with E-state index in [2.05, 4.69) is 21.3 Å². The Kier molecular flexibility index (Phi) is 11.1. The minimum Gasteiger partial charge on any atom is -0.651 e. The van der Waals surface area contributed by atoms with Gasteiger partial charge in [0.05, 0.1) is 0 Å². The number of hydrogen-bond donors (Lipinski definition) is 2. The number of rotatable bonds is 4. The van der Waals surface area contributed by atoms with Gasteiger partial charge >= 0.3 is 29.1 Å². The first-order valence-electron chi connectivity index (χ1n) is 10.8. The van der Waals surface area contributed by atoms with E-state index >= 15 is 0 Å². The molecule has 2 aromatic carbocycles. The normalized spacial score (nSPS) is 15.3. The number of amides is 2. The second-order valence-electron chi connectivity index (χ2n) is 7.84. The van der Waals surface area contributed by atoms with Crippen molar-refractivity contribution in [1.82, 2.24) is 0 Å². The Balaban J connectivity index is 0.000000280. The molecule has 0 aromatic heterocycles. The van der Waals surface area contributed by atoms with Gasteiger partial charge < -0.3 is 21.3 Å². The van der Waals surface area contributed by atoms with Gasteiger partial charge in [-0.3, -0.25) is 19.2 Å². The van der Waals surface area contributed by atoms with E-state index in [-0.39, 0.29) is 38.7 Å². The molecule has 0 saturated carbocycles. The van der Waals surface area contributed by atoms with E-state index in [1.807, 2.05) is 0 Å². The average Bonchev–Trinajstić information content (AvgIpc) is 3.39. The van der Waals surface area contributed by atoms with Gasteiger partial charge in [-0.25, -0.2) is 0 Å². The summed E-state index contributed by atoms with van der Waals surface area (Å²) >= 11 is 1.89. The van der Waals surface area contributed by atoms with E-state index in [9.17, 15) is 45.5 Å². The van der Waals surface area contributed by atoms with E-state index in [4.69, 9.17) is 0 Å². The van der Waals surface area contributed by atoms with Crippen LogP contribution in [-0.4, -0.2) is 35.7 Å². The summed E-state index contributed by atoms with van der Waals surface area (Å²) in [7, 11) is 0. The smallest absolute Gasteiger partial charge is 0.651 e. The first-order chi connectivity index (χ1) is 18.5. The van der Waals surface area contributed by atoms with Gasteiger partial charge in [-0.2, -0.15) is 26.3 Å². The molecule has 8 nitrogen and oxygen atoms in total. The van der Waals surface area contributed by atoms with Crippen LogP contribution in [0.5, 0.6) is 0 Å². The molecule has 2 aliphatic rings. The number of allylic oxidation sites excluding steroid dienone is 2. The maximum absolute atomic E-state index is 12.1. The van der Waals surface area contributed by atoms with Gasteiger partial charge in [0.2, 0.25) is 11.8 Å². The first-order valence-corrected chi connectivity index (χ1v) is 12.4. The first kappa shape index (κ1) is 33.8. The Bertz CT molecular complexity index is 1340. The van der Waals surface area contributed by atoms with Crippen LogP contribution in [0, 0.1) is 0 Å². The molecule has 0 fully saturated rings. The van der Waals surface area contributed by atoms with Crippen LogP contribution in [0.25, 0.3) is 10.6 Å². The molecule has 0 atom stereocenters. The topological polar surface area (TPSA) is 121 Å². The van der Waals surface area contributed by atoms with Crippen molar-refractivity contribution in [2.24, 2.45) is 0 Å². The summed E-state index contributed by atoms with van der Waals surface area (Å²) in [4.78, 5) is 44.7. The molecule has 2 amide bonds. The zero-order chi connectivity index (χ0) is 29.8. The fourth-order valence-electron chi connectivity index (χ4n) is 2.96. The van der Waals surface area contributed by atoms with Gasteiger partial charge in [-0.15, -0.1) is 34.9 Å². The predicted octanol–water partition coefficient (Wildman–Crippen LogP) is 7.45. The third-order valence-electron chi connectivity index (χ3n) is 4.52. The fourth-order valence-corrected chi connectivity index (χ4v) is 4.84. The van der Waals surface area contributed by atoms with Crippen molar-refractivity contribution in [2.45, 2.75) is 36.0 Å². The van der Waals surface area contributed by atoms with Crippen molar-refractivity contribution < 1.29 is 62.3 Å². The van der Waals surface area contributed by atoms with E-state index < -0.39 is 23.9 Å². The van der Waals surface area contributed by atoms with Crippen LogP contribution in [0.2, 0.25) is 0 Å². The third kappa shape index (κ3) is 9.87. The number of fused-ring (bicyclic) bond motifs is 2. The molecular formula is C24H16CoF6N4O4S2. The number of carbonyl (C=O) groups excluding carboxylic acids is 4. The standard InChI is InChI=1S/2C12H9F3N2O2S.Co/c2*1-6(18)16-7-2-3-8-9(4-7)20-11(17-8)5-10(19)12(13,14)15;/h2*2-5H,1H3,(H2,16,17,18,19);/q;;+2/p-2. The zero-order valence-corrected chi connectivity index (χ0v) is 23.2. The van der Waals surface area contributed by atoms with Crippen molar-refractivity contribution in [2.75, 3.05) is 10.6 Å². The van der Waals surface area contributed by atoms with Crippen molar-refractivity contribution in [3.63, 3.8) is 0 Å². The van der Waals surface area contributed by atoms with Crippen LogP contribution >= 0.6 is 23.5 Å². The van der Waals surface area contributed by atoms with Gasteiger partial charge in [0.1, 0.15) is 0 Å². The maximum Gasteiger partial charge on any atom is 2.00 e. The molecule has 0 unspecified atom stereocenters. The van der Waals surface area contributed by atoms with E-state index in [0.29, 0.717) is 44.7 Å².